The van der Waals surface area contributed by atoms with Gasteiger partial charge in [0.1, 0.15) is 0 Å². The van der Waals surface area contributed by atoms with Crippen molar-refractivity contribution in [2.75, 3.05) is 0 Å². The quantitative estimate of drug-likeness (QED) is 0.545. The van der Waals surface area contributed by atoms with E-state index in [4.69, 9.17) is 0 Å². The predicted molar refractivity (Wildman–Crippen MR) is 59.5 cm³/mol. The minimum Gasteiger partial charge on any atom is -0.211 e. The lowest BCUT2D eigenvalue weighted by Crippen LogP contribution is -1.92. The van der Waals surface area contributed by atoms with Gasteiger partial charge in [-0.2, -0.15) is 0 Å². The highest BCUT2D eigenvalue weighted by molar-refractivity contribution is 5.34. The van der Waals surface area contributed by atoms with E-state index in [0.29, 0.717) is 6.54 Å². The molecule has 0 spiro atoms. The van der Waals surface area contributed by atoms with Gasteiger partial charge in [0.15, 0.2) is 0 Å². The molecule has 1 fully saturated rings. The fraction of sp³-hybridized carbons (Fsp3) is 0.462. The summed E-state index contributed by atoms with van der Waals surface area (Å²) in [6.45, 7) is 0.453. The molecule has 0 amide bonds. The van der Waals surface area contributed by atoms with E-state index in [9.17, 15) is 4.79 Å². The number of benzene rings is 1. The molecule has 2 rings (SSSR count). The van der Waals surface area contributed by atoms with Crippen LogP contribution in [0.1, 0.15) is 42.7 Å². The van der Waals surface area contributed by atoms with Gasteiger partial charge in [0, 0.05) is 0 Å². The summed E-state index contributed by atoms with van der Waals surface area (Å²) in [4.78, 5) is 13.5. The van der Waals surface area contributed by atoms with Gasteiger partial charge < -0.3 is 0 Å². The summed E-state index contributed by atoms with van der Waals surface area (Å²) in [5.74, 6) is 0.758. The zero-order chi connectivity index (χ0) is 10.5. The highest BCUT2D eigenvalue weighted by Gasteiger charge is 2.16. The second-order valence-corrected chi connectivity index (χ2v) is 4.13. The third-order valence-electron chi connectivity index (χ3n) is 3.13. The molecule has 0 aliphatic heterocycles. The van der Waals surface area contributed by atoms with E-state index in [1.807, 2.05) is 0 Å². The van der Waals surface area contributed by atoms with Crippen molar-refractivity contribution in [3.63, 3.8) is 0 Å². The normalized spacial score (nSPS) is 16.3. The molecular formula is C13H15NO. The van der Waals surface area contributed by atoms with Crippen LogP contribution in [0.3, 0.4) is 0 Å². The molecule has 0 atom stereocenters. The number of carbonyl (C=O) groups excluding carboxylic acids is 1. The molecule has 2 heteroatoms. The zero-order valence-electron chi connectivity index (χ0n) is 8.78. The molecule has 0 saturated heterocycles. The summed E-state index contributed by atoms with van der Waals surface area (Å²) in [5.41, 5.74) is 2.52. The third-order valence-corrected chi connectivity index (χ3v) is 3.13. The van der Waals surface area contributed by atoms with Crippen LogP contribution >= 0.6 is 0 Å². The van der Waals surface area contributed by atoms with Crippen molar-refractivity contribution >= 4 is 6.08 Å². The maximum absolute atomic E-state index is 9.96. The van der Waals surface area contributed by atoms with Crippen molar-refractivity contribution in [2.45, 2.75) is 38.1 Å². The summed E-state index contributed by atoms with van der Waals surface area (Å²) < 4.78 is 0. The number of nitrogens with zero attached hydrogens (tertiary/aromatic N) is 1. The molecule has 1 aliphatic rings. The number of aliphatic imine (C=N–C) groups is 1. The minimum absolute atomic E-state index is 0.453. The zero-order valence-corrected chi connectivity index (χ0v) is 8.78. The van der Waals surface area contributed by atoms with E-state index in [1.165, 1.54) is 31.2 Å². The van der Waals surface area contributed by atoms with E-state index >= 15 is 0 Å². The standard InChI is InChI=1S/C13H15NO/c15-10-14-9-11-5-7-13(8-6-11)12-3-1-2-4-12/h5-8,12H,1-4,9H2. The van der Waals surface area contributed by atoms with Gasteiger partial charge in [0.2, 0.25) is 6.08 Å². The van der Waals surface area contributed by atoms with Crippen LogP contribution in [-0.4, -0.2) is 6.08 Å². The van der Waals surface area contributed by atoms with Gasteiger partial charge in [-0.3, -0.25) is 0 Å². The summed E-state index contributed by atoms with van der Waals surface area (Å²) in [6.07, 6.45) is 6.94. The number of hydrogen-bond donors (Lipinski definition) is 0. The van der Waals surface area contributed by atoms with Gasteiger partial charge in [-0.15, -0.1) is 0 Å². The van der Waals surface area contributed by atoms with Crippen molar-refractivity contribution in [3.8, 4) is 0 Å². The molecule has 0 radical (unpaired) electrons. The molecule has 0 heterocycles. The summed E-state index contributed by atoms with van der Waals surface area (Å²) in [6, 6.07) is 8.47. The lowest BCUT2D eigenvalue weighted by molar-refractivity contribution is 0.563. The van der Waals surface area contributed by atoms with E-state index in [1.54, 1.807) is 6.08 Å². The highest BCUT2D eigenvalue weighted by atomic mass is 16.1. The van der Waals surface area contributed by atoms with Crippen LogP contribution in [-0.2, 0) is 11.3 Å². The van der Waals surface area contributed by atoms with E-state index in [0.717, 1.165) is 11.5 Å². The van der Waals surface area contributed by atoms with Crippen LogP contribution in [0.2, 0.25) is 0 Å². The Kier molecular flexibility index (Phi) is 3.31. The average molecular weight is 201 g/mol. The third kappa shape index (κ3) is 2.54. The van der Waals surface area contributed by atoms with Crippen molar-refractivity contribution in [1.82, 2.24) is 0 Å². The molecule has 2 nitrogen and oxygen atoms in total. The van der Waals surface area contributed by atoms with Crippen molar-refractivity contribution < 1.29 is 4.79 Å². The first-order valence-electron chi connectivity index (χ1n) is 5.52. The Bertz CT molecular complexity index is 357. The number of rotatable bonds is 3. The SMILES string of the molecule is O=C=NCc1ccc(C2CCCC2)cc1. The lowest BCUT2D eigenvalue weighted by Gasteiger charge is -2.09. The maximum Gasteiger partial charge on any atom is 0.235 e. The monoisotopic (exact) mass is 201 g/mol. The van der Waals surface area contributed by atoms with Crippen LogP contribution in [0.4, 0.5) is 0 Å². The molecule has 0 unspecified atom stereocenters. The smallest absolute Gasteiger partial charge is 0.211 e. The first-order valence-corrected chi connectivity index (χ1v) is 5.52. The molecule has 1 aromatic rings. The predicted octanol–water partition coefficient (Wildman–Crippen LogP) is 3.18. The summed E-state index contributed by atoms with van der Waals surface area (Å²) in [7, 11) is 0. The highest BCUT2D eigenvalue weighted by Crippen LogP contribution is 2.33. The first kappa shape index (κ1) is 10.1. The van der Waals surface area contributed by atoms with Crippen LogP contribution in [0.5, 0.6) is 0 Å². The second kappa shape index (κ2) is 4.90. The van der Waals surface area contributed by atoms with Gasteiger partial charge in [-0.05, 0) is 29.9 Å². The van der Waals surface area contributed by atoms with E-state index in [-0.39, 0.29) is 0 Å². The van der Waals surface area contributed by atoms with Crippen LogP contribution in [0.15, 0.2) is 29.3 Å². The molecule has 0 N–H and O–H groups in total. The second-order valence-electron chi connectivity index (χ2n) is 4.13. The largest absolute Gasteiger partial charge is 0.235 e. The molecule has 1 saturated carbocycles. The topological polar surface area (TPSA) is 29.4 Å². The maximum atomic E-state index is 9.96. The fourth-order valence-corrected chi connectivity index (χ4v) is 2.28. The molecule has 1 aromatic carbocycles. The molecule has 15 heavy (non-hydrogen) atoms. The average Bonchev–Trinajstić information content (AvgIpc) is 2.80. The van der Waals surface area contributed by atoms with Gasteiger partial charge in [0.05, 0.1) is 6.54 Å². The molecule has 78 valence electrons. The Morgan fingerprint density at radius 1 is 1.20 bits per heavy atom. The Hall–Kier alpha value is -1.40. The fourth-order valence-electron chi connectivity index (χ4n) is 2.28. The van der Waals surface area contributed by atoms with Crippen LogP contribution in [0.25, 0.3) is 0 Å². The Labute approximate surface area is 90.0 Å². The van der Waals surface area contributed by atoms with Gasteiger partial charge in [-0.25, -0.2) is 9.79 Å². The molecule has 1 aliphatic carbocycles. The molecule has 0 aromatic heterocycles. The van der Waals surface area contributed by atoms with Crippen molar-refractivity contribution in [3.05, 3.63) is 35.4 Å². The Morgan fingerprint density at radius 3 is 2.47 bits per heavy atom. The van der Waals surface area contributed by atoms with E-state index in [2.05, 4.69) is 29.3 Å². The van der Waals surface area contributed by atoms with Crippen molar-refractivity contribution in [2.24, 2.45) is 4.99 Å². The summed E-state index contributed by atoms with van der Waals surface area (Å²) >= 11 is 0. The lowest BCUT2D eigenvalue weighted by atomic mass is 9.97. The van der Waals surface area contributed by atoms with E-state index < -0.39 is 0 Å². The summed E-state index contributed by atoms with van der Waals surface area (Å²) in [5, 5.41) is 0. The van der Waals surface area contributed by atoms with Crippen LogP contribution in [0, 0.1) is 0 Å². The Balaban J connectivity index is 2.05. The molecular weight excluding hydrogens is 186 g/mol. The molecule has 0 bridgehead atoms. The first-order chi connectivity index (χ1) is 7.40. The number of hydrogen-bond acceptors (Lipinski definition) is 2. The van der Waals surface area contributed by atoms with Crippen LogP contribution < -0.4 is 0 Å². The van der Waals surface area contributed by atoms with Gasteiger partial charge in [-0.1, -0.05) is 37.1 Å². The minimum atomic E-state index is 0.453. The Morgan fingerprint density at radius 2 is 1.87 bits per heavy atom. The van der Waals surface area contributed by atoms with Crippen molar-refractivity contribution in [1.29, 1.82) is 0 Å². The van der Waals surface area contributed by atoms with Gasteiger partial charge in [0.25, 0.3) is 0 Å². The number of isocyanates is 1. The van der Waals surface area contributed by atoms with Gasteiger partial charge >= 0.3 is 0 Å².